The molecule has 0 spiro atoms. The molecule has 1 rings (SSSR count). The van der Waals surface area contributed by atoms with Crippen LogP contribution in [0, 0.1) is 6.92 Å². The van der Waals surface area contributed by atoms with Gasteiger partial charge in [0.05, 0.1) is 17.3 Å². The summed E-state index contributed by atoms with van der Waals surface area (Å²) in [5.41, 5.74) is 6.20. The van der Waals surface area contributed by atoms with Crippen LogP contribution in [0.3, 0.4) is 0 Å². The monoisotopic (exact) mass is 257 g/mol. The van der Waals surface area contributed by atoms with Gasteiger partial charge in [-0.2, -0.15) is 0 Å². The van der Waals surface area contributed by atoms with Crippen LogP contribution in [-0.2, 0) is 9.84 Å². The van der Waals surface area contributed by atoms with Crippen LogP contribution in [0.5, 0.6) is 5.75 Å². The highest BCUT2D eigenvalue weighted by Gasteiger charge is 2.26. The SMILES string of the molecule is CCC(CN)S(=O)(=O)c1ccc(OC)cc1C. The summed E-state index contributed by atoms with van der Waals surface area (Å²) in [7, 11) is -1.78. The van der Waals surface area contributed by atoms with Gasteiger partial charge in [0.1, 0.15) is 5.75 Å². The van der Waals surface area contributed by atoms with E-state index in [1.54, 1.807) is 32.2 Å². The van der Waals surface area contributed by atoms with Crippen molar-refractivity contribution in [1.82, 2.24) is 0 Å². The van der Waals surface area contributed by atoms with Crippen LogP contribution in [0.15, 0.2) is 23.1 Å². The first-order valence-corrected chi connectivity index (χ1v) is 7.10. The predicted molar refractivity (Wildman–Crippen MR) is 68.1 cm³/mol. The van der Waals surface area contributed by atoms with Crippen molar-refractivity contribution in [1.29, 1.82) is 0 Å². The summed E-state index contributed by atoms with van der Waals surface area (Å²) in [6.45, 7) is 3.73. The van der Waals surface area contributed by atoms with Crippen LogP contribution in [-0.4, -0.2) is 27.3 Å². The van der Waals surface area contributed by atoms with Gasteiger partial charge in [0.2, 0.25) is 0 Å². The maximum Gasteiger partial charge on any atom is 0.182 e. The Morgan fingerprint density at radius 2 is 2.06 bits per heavy atom. The molecule has 1 unspecified atom stereocenters. The second-order valence-electron chi connectivity index (χ2n) is 3.94. The first kappa shape index (κ1) is 14.0. The highest BCUT2D eigenvalue weighted by atomic mass is 32.2. The first-order valence-electron chi connectivity index (χ1n) is 5.56. The maximum atomic E-state index is 12.3. The number of methoxy groups -OCH3 is 1. The van der Waals surface area contributed by atoms with Crippen LogP contribution in [0.2, 0.25) is 0 Å². The third-order valence-corrected chi connectivity index (χ3v) is 5.32. The topological polar surface area (TPSA) is 69.4 Å². The Labute approximate surface area is 103 Å². The number of aryl methyl sites for hydroxylation is 1. The smallest absolute Gasteiger partial charge is 0.182 e. The molecule has 0 radical (unpaired) electrons. The number of nitrogens with two attached hydrogens (primary N) is 1. The molecule has 0 aliphatic rings. The zero-order valence-corrected chi connectivity index (χ0v) is 11.3. The lowest BCUT2D eigenvalue weighted by atomic mass is 10.2. The molecule has 5 heteroatoms. The lowest BCUT2D eigenvalue weighted by Gasteiger charge is -2.16. The fraction of sp³-hybridized carbons (Fsp3) is 0.500. The summed E-state index contributed by atoms with van der Waals surface area (Å²) in [5.74, 6) is 0.655. The predicted octanol–water partition coefficient (Wildman–Crippen LogP) is 1.51. The molecule has 0 fully saturated rings. The highest BCUT2D eigenvalue weighted by Crippen LogP contribution is 2.25. The van der Waals surface area contributed by atoms with Crippen molar-refractivity contribution in [3.05, 3.63) is 23.8 Å². The minimum absolute atomic E-state index is 0.143. The fourth-order valence-corrected chi connectivity index (χ4v) is 3.58. The molecular weight excluding hydrogens is 238 g/mol. The molecule has 96 valence electrons. The van der Waals surface area contributed by atoms with Gasteiger partial charge in [0.25, 0.3) is 0 Å². The van der Waals surface area contributed by atoms with E-state index in [4.69, 9.17) is 10.5 Å². The second kappa shape index (κ2) is 5.51. The summed E-state index contributed by atoms with van der Waals surface area (Å²) in [6.07, 6.45) is 0.518. The molecule has 0 aromatic heterocycles. The summed E-state index contributed by atoms with van der Waals surface area (Å²) in [5, 5.41) is -0.519. The zero-order chi connectivity index (χ0) is 13.1. The Morgan fingerprint density at radius 3 is 2.47 bits per heavy atom. The maximum absolute atomic E-state index is 12.3. The van der Waals surface area contributed by atoms with E-state index in [2.05, 4.69) is 0 Å². The summed E-state index contributed by atoms with van der Waals surface area (Å²) in [4.78, 5) is 0.343. The summed E-state index contributed by atoms with van der Waals surface area (Å²) >= 11 is 0. The largest absolute Gasteiger partial charge is 0.497 e. The number of hydrogen-bond donors (Lipinski definition) is 1. The van der Waals surface area contributed by atoms with Crippen LogP contribution >= 0.6 is 0 Å². The van der Waals surface area contributed by atoms with Crippen LogP contribution in [0.4, 0.5) is 0 Å². The minimum atomic E-state index is -3.34. The number of ether oxygens (including phenoxy) is 1. The van der Waals surface area contributed by atoms with Gasteiger partial charge in [-0.3, -0.25) is 0 Å². The van der Waals surface area contributed by atoms with Crippen molar-refractivity contribution >= 4 is 9.84 Å². The lowest BCUT2D eigenvalue weighted by Crippen LogP contribution is -2.29. The standard InChI is InChI=1S/C12H19NO3S/c1-4-11(8-13)17(14,15)12-6-5-10(16-3)7-9(12)2/h5-7,11H,4,8,13H2,1-3H3. The van der Waals surface area contributed by atoms with Crippen molar-refractivity contribution < 1.29 is 13.2 Å². The van der Waals surface area contributed by atoms with Crippen LogP contribution in [0.25, 0.3) is 0 Å². The normalized spacial score (nSPS) is 13.4. The Balaban J connectivity index is 3.24. The second-order valence-corrected chi connectivity index (χ2v) is 6.14. The number of benzene rings is 1. The van der Waals surface area contributed by atoms with Gasteiger partial charge in [0.15, 0.2) is 9.84 Å². The van der Waals surface area contributed by atoms with Gasteiger partial charge in [-0.1, -0.05) is 6.92 Å². The lowest BCUT2D eigenvalue weighted by molar-refractivity contribution is 0.414. The average molecular weight is 257 g/mol. The molecule has 1 atom stereocenters. The quantitative estimate of drug-likeness (QED) is 0.868. The van der Waals surface area contributed by atoms with E-state index >= 15 is 0 Å². The van der Waals surface area contributed by atoms with E-state index in [0.717, 1.165) is 0 Å². The van der Waals surface area contributed by atoms with Gasteiger partial charge in [-0.15, -0.1) is 0 Å². The fourth-order valence-electron chi connectivity index (χ4n) is 1.76. The van der Waals surface area contributed by atoms with E-state index in [9.17, 15) is 8.42 Å². The molecule has 0 amide bonds. The van der Waals surface area contributed by atoms with E-state index in [1.165, 1.54) is 0 Å². The van der Waals surface area contributed by atoms with Crippen molar-refractivity contribution in [2.24, 2.45) is 5.73 Å². The molecule has 0 bridgehead atoms. The van der Waals surface area contributed by atoms with Crippen LogP contribution < -0.4 is 10.5 Å². The molecule has 0 heterocycles. The molecule has 17 heavy (non-hydrogen) atoms. The molecule has 0 aliphatic heterocycles. The molecule has 0 aliphatic carbocycles. The molecule has 1 aromatic rings. The molecule has 0 saturated carbocycles. The minimum Gasteiger partial charge on any atom is -0.497 e. The molecule has 1 aromatic carbocycles. The number of sulfone groups is 1. The molecule has 4 nitrogen and oxygen atoms in total. The van der Waals surface area contributed by atoms with E-state index in [0.29, 0.717) is 22.6 Å². The first-order chi connectivity index (χ1) is 7.97. The number of rotatable bonds is 5. The van der Waals surface area contributed by atoms with E-state index in [1.807, 2.05) is 6.92 Å². The van der Waals surface area contributed by atoms with Crippen LogP contribution in [0.1, 0.15) is 18.9 Å². The van der Waals surface area contributed by atoms with Gasteiger partial charge in [-0.25, -0.2) is 8.42 Å². The van der Waals surface area contributed by atoms with E-state index in [-0.39, 0.29) is 6.54 Å². The van der Waals surface area contributed by atoms with Gasteiger partial charge in [-0.05, 0) is 37.1 Å². The van der Waals surface area contributed by atoms with Gasteiger partial charge >= 0.3 is 0 Å². The third kappa shape index (κ3) is 2.79. The third-order valence-electron chi connectivity index (χ3n) is 2.85. The zero-order valence-electron chi connectivity index (χ0n) is 10.4. The van der Waals surface area contributed by atoms with Gasteiger partial charge in [0, 0.05) is 6.54 Å². The Bertz CT molecular complexity index is 479. The Hall–Kier alpha value is -1.07. The molecule has 2 N–H and O–H groups in total. The van der Waals surface area contributed by atoms with Gasteiger partial charge < -0.3 is 10.5 Å². The van der Waals surface area contributed by atoms with Crippen molar-refractivity contribution in [2.45, 2.75) is 30.4 Å². The molecule has 0 saturated heterocycles. The van der Waals surface area contributed by atoms with E-state index < -0.39 is 15.1 Å². The Kier molecular flexibility index (Phi) is 4.54. The highest BCUT2D eigenvalue weighted by molar-refractivity contribution is 7.92. The van der Waals surface area contributed by atoms with Crippen molar-refractivity contribution in [3.63, 3.8) is 0 Å². The summed E-state index contributed by atoms with van der Waals surface area (Å²) in [6, 6.07) is 4.96. The average Bonchev–Trinajstić information content (AvgIpc) is 2.29. The summed E-state index contributed by atoms with van der Waals surface area (Å²) < 4.78 is 29.6. The number of hydrogen-bond acceptors (Lipinski definition) is 4. The van der Waals surface area contributed by atoms with Crippen molar-refractivity contribution in [2.75, 3.05) is 13.7 Å². The van der Waals surface area contributed by atoms with Crippen molar-refractivity contribution in [3.8, 4) is 5.75 Å². The Morgan fingerprint density at radius 1 is 1.41 bits per heavy atom. The molecular formula is C12H19NO3S.